The zero-order valence-corrected chi connectivity index (χ0v) is 22.4. The van der Waals surface area contributed by atoms with Crippen LogP contribution in [0.2, 0.25) is 0 Å². The molecule has 2 aromatic rings. The predicted octanol–water partition coefficient (Wildman–Crippen LogP) is 6.83. The second-order valence-corrected chi connectivity index (χ2v) is 10.2. The summed E-state index contributed by atoms with van der Waals surface area (Å²) in [7, 11) is 0. The molecule has 2 unspecified atom stereocenters. The van der Waals surface area contributed by atoms with E-state index in [9.17, 15) is 4.39 Å². The Kier molecular flexibility index (Phi) is 7.64. The van der Waals surface area contributed by atoms with Gasteiger partial charge >= 0.3 is 0 Å². The molecule has 3 aliphatic heterocycles. The smallest absolute Gasteiger partial charge is 0.139 e. The quantitative estimate of drug-likeness (QED) is 0.451. The Labute approximate surface area is 215 Å². The van der Waals surface area contributed by atoms with Crippen LogP contribution in [0.15, 0.2) is 51.6 Å². The zero-order chi connectivity index (χ0) is 26.0. The van der Waals surface area contributed by atoms with E-state index in [-0.39, 0.29) is 11.9 Å². The van der Waals surface area contributed by atoms with Crippen molar-refractivity contribution in [2.45, 2.75) is 66.8 Å². The van der Waals surface area contributed by atoms with E-state index in [1.807, 2.05) is 26.1 Å². The molecule has 3 aliphatic rings. The molecule has 0 amide bonds. The highest BCUT2D eigenvalue weighted by molar-refractivity contribution is 6.10. The third kappa shape index (κ3) is 4.82. The number of terminal acetylenes is 1. The number of rotatable bonds is 1. The van der Waals surface area contributed by atoms with E-state index < -0.39 is 0 Å². The van der Waals surface area contributed by atoms with E-state index in [1.54, 1.807) is 6.07 Å². The van der Waals surface area contributed by atoms with Crippen molar-refractivity contribution < 1.29 is 4.39 Å². The molecule has 0 bridgehead atoms. The van der Waals surface area contributed by atoms with Gasteiger partial charge in [-0.3, -0.25) is 4.99 Å². The zero-order valence-electron chi connectivity index (χ0n) is 22.4. The van der Waals surface area contributed by atoms with Crippen molar-refractivity contribution in [2.24, 2.45) is 15.9 Å². The summed E-state index contributed by atoms with van der Waals surface area (Å²) < 4.78 is 14.6. The molecule has 188 valence electrons. The highest BCUT2D eigenvalue weighted by Gasteiger charge is 2.34. The summed E-state index contributed by atoms with van der Waals surface area (Å²) in [5.74, 6) is 4.66. The van der Waals surface area contributed by atoms with Crippen LogP contribution in [0.3, 0.4) is 0 Å². The van der Waals surface area contributed by atoms with Crippen LogP contribution in [0.1, 0.15) is 70.6 Å². The molecule has 0 radical (unpaired) electrons. The standard InChI is InChI=1S/C28H29FN4.C3H8/c1-6-21-24(29)10-9-20-12-17(3)13-22(25(20)21)26-18(4)27-23(14-30-26)28(32-19(5)31-27)33-11-7-8-16(2)15-33;1-3-2/h1,9-10,12-14,16,27,30H,7-8,11,15H2,2-5H3;3H2,1-2H3. The van der Waals surface area contributed by atoms with Gasteiger partial charge in [0.1, 0.15) is 23.5 Å². The van der Waals surface area contributed by atoms with Crippen LogP contribution >= 0.6 is 0 Å². The Bertz CT molecular complexity index is 1340. The maximum absolute atomic E-state index is 14.6. The van der Waals surface area contributed by atoms with Gasteiger partial charge in [-0.1, -0.05) is 45.2 Å². The monoisotopic (exact) mass is 484 g/mol. The fourth-order valence-corrected chi connectivity index (χ4v) is 5.35. The van der Waals surface area contributed by atoms with Crippen LogP contribution in [0.25, 0.3) is 16.5 Å². The molecule has 5 rings (SSSR count). The van der Waals surface area contributed by atoms with Crippen LogP contribution in [-0.2, 0) is 0 Å². The predicted molar refractivity (Wildman–Crippen MR) is 151 cm³/mol. The van der Waals surface area contributed by atoms with Gasteiger partial charge in [-0.2, -0.15) is 0 Å². The van der Waals surface area contributed by atoms with Gasteiger partial charge in [-0.05, 0) is 68.2 Å². The topological polar surface area (TPSA) is 40.0 Å². The minimum absolute atomic E-state index is 0.121. The van der Waals surface area contributed by atoms with Gasteiger partial charge in [0.2, 0.25) is 0 Å². The molecule has 0 saturated carbocycles. The van der Waals surface area contributed by atoms with Crippen molar-refractivity contribution in [1.82, 2.24) is 10.2 Å². The molecule has 4 nitrogen and oxygen atoms in total. The third-order valence-corrected chi connectivity index (χ3v) is 6.89. The Morgan fingerprint density at radius 3 is 2.64 bits per heavy atom. The fourth-order valence-electron chi connectivity index (χ4n) is 5.35. The summed E-state index contributed by atoms with van der Waals surface area (Å²) in [6.45, 7) is 14.7. The van der Waals surface area contributed by atoms with Crippen molar-refractivity contribution >= 4 is 28.1 Å². The first kappa shape index (κ1) is 25.7. The van der Waals surface area contributed by atoms with Gasteiger partial charge in [-0.15, -0.1) is 6.42 Å². The number of nitrogens with zero attached hydrogens (tertiary/aromatic N) is 3. The van der Waals surface area contributed by atoms with Crippen LogP contribution in [-0.4, -0.2) is 35.7 Å². The van der Waals surface area contributed by atoms with Gasteiger partial charge < -0.3 is 10.2 Å². The van der Waals surface area contributed by atoms with E-state index in [2.05, 4.69) is 49.9 Å². The Hall–Kier alpha value is -3.39. The number of aryl methyl sites for hydroxylation is 1. The number of dihydropyridines is 1. The number of piperidine rings is 1. The van der Waals surface area contributed by atoms with Crippen molar-refractivity contribution in [1.29, 1.82) is 0 Å². The molecule has 1 N–H and O–H groups in total. The van der Waals surface area contributed by atoms with Crippen molar-refractivity contribution in [3.63, 3.8) is 0 Å². The summed E-state index contributed by atoms with van der Waals surface area (Å²) in [6.07, 6.45) is 11.5. The second-order valence-electron chi connectivity index (χ2n) is 10.2. The van der Waals surface area contributed by atoms with Gasteiger partial charge in [0.05, 0.1) is 5.56 Å². The average molecular weight is 485 g/mol. The highest BCUT2D eigenvalue weighted by Crippen LogP contribution is 2.37. The molecule has 2 aromatic carbocycles. The minimum Gasteiger partial charge on any atom is -0.361 e. The first-order valence-electron chi connectivity index (χ1n) is 13.0. The lowest BCUT2D eigenvalue weighted by molar-refractivity contribution is 0.272. The van der Waals surface area contributed by atoms with Gasteiger partial charge in [-0.25, -0.2) is 9.38 Å². The Balaban J connectivity index is 0.000000967. The van der Waals surface area contributed by atoms with Crippen molar-refractivity contribution in [3.8, 4) is 12.3 Å². The van der Waals surface area contributed by atoms with E-state index in [0.29, 0.717) is 11.5 Å². The lowest BCUT2D eigenvalue weighted by Gasteiger charge is -2.38. The second kappa shape index (κ2) is 10.7. The number of hydrogen-bond acceptors (Lipinski definition) is 4. The lowest BCUT2D eigenvalue weighted by Crippen LogP contribution is -2.45. The van der Waals surface area contributed by atoms with Crippen LogP contribution in [0.4, 0.5) is 4.39 Å². The van der Waals surface area contributed by atoms with Gasteiger partial charge in [0, 0.05) is 41.5 Å². The molecular weight excluding hydrogens is 447 g/mol. The number of hydrogen-bond donors (Lipinski definition) is 1. The number of nitrogens with one attached hydrogen (secondary N) is 1. The molecule has 0 aromatic heterocycles. The molecule has 0 aliphatic carbocycles. The molecule has 2 atom stereocenters. The number of amidine groups is 2. The van der Waals surface area contributed by atoms with Crippen LogP contribution in [0, 0.1) is 31.0 Å². The Morgan fingerprint density at radius 1 is 1.19 bits per heavy atom. The van der Waals surface area contributed by atoms with Crippen LogP contribution in [0.5, 0.6) is 0 Å². The molecule has 5 heteroatoms. The lowest BCUT2D eigenvalue weighted by atomic mass is 9.87. The molecule has 1 saturated heterocycles. The van der Waals surface area contributed by atoms with E-state index in [4.69, 9.17) is 16.4 Å². The summed E-state index contributed by atoms with van der Waals surface area (Å²) in [4.78, 5) is 12.2. The first-order valence-corrected chi connectivity index (χ1v) is 13.0. The molecule has 0 spiro atoms. The number of fused-ring (bicyclic) bond motifs is 2. The molecular formula is C31H37FN4. The summed E-state index contributed by atoms with van der Waals surface area (Å²) in [6, 6.07) is 7.25. The molecule has 3 heterocycles. The average Bonchev–Trinajstić information content (AvgIpc) is 2.84. The number of aliphatic imine (C=N–C) groups is 2. The van der Waals surface area contributed by atoms with E-state index in [0.717, 1.165) is 63.5 Å². The van der Waals surface area contributed by atoms with E-state index >= 15 is 0 Å². The number of halogens is 1. The maximum Gasteiger partial charge on any atom is 0.139 e. The highest BCUT2D eigenvalue weighted by atomic mass is 19.1. The summed E-state index contributed by atoms with van der Waals surface area (Å²) in [5, 5.41) is 5.21. The van der Waals surface area contributed by atoms with E-state index in [1.165, 1.54) is 25.3 Å². The van der Waals surface area contributed by atoms with Crippen LogP contribution < -0.4 is 5.32 Å². The largest absolute Gasteiger partial charge is 0.361 e. The number of benzene rings is 2. The molecule has 1 fully saturated rings. The minimum atomic E-state index is -0.374. The maximum atomic E-state index is 14.6. The van der Waals surface area contributed by atoms with Gasteiger partial charge in [0.25, 0.3) is 0 Å². The third-order valence-electron chi connectivity index (χ3n) is 6.89. The summed E-state index contributed by atoms with van der Waals surface area (Å²) in [5.41, 5.74) is 5.42. The van der Waals surface area contributed by atoms with Crippen molar-refractivity contribution in [2.75, 3.05) is 13.1 Å². The summed E-state index contributed by atoms with van der Waals surface area (Å²) >= 11 is 0. The molecule has 36 heavy (non-hydrogen) atoms. The van der Waals surface area contributed by atoms with Gasteiger partial charge in [0.15, 0.2) is 0 Å². The first-order chi connectivity index (χ1) is 17.3. The van der Waals surface area contributed by atoms with Crippen molar-refractivity contribution in [3.05, 3.63) is 64.1 Å². The Morgan fingerprint density at radius 2 is 1.94 bits per heavy atom. The SMILES string of the molecule is C#Cc1c(F)ccc2cc(C)cc(C3=C(C)C4N=C(C)N=C(N5CCCC(C)C5)C4=CN3)c12.CCC. The fraction of sp³-hybridized carbons (Fsp3) is 0.419. The normalized spacial score (nSPS) is 21.4. The number of likely N-dealkylation sites (tertiary alicyclic amines) is 1.